The third-order valence-electron chi connectivity index (χ3n) is 4.46. The second kappa shape index (κ2) is 8.08. The van der Waals surface area contributed by atoms with Crippen LogP contribution in [0.2, 0.25) is 0 Å². The molecule has 0 radical (unpaired) electrons. The van der Waals surface area contributed by atoms with Gasteiger partial charge in [0.05, 0.1) is 22.5 Å². The first-order valence-electron chi connectivity index (χ1n) is 9.25. The Kier molecular flexibility index (Phi) is 5.43. The zero-order valence-corrected chi connectivity index (χ0v) is 17.0. The summed E-state index contributed by atoms with van der Waals surface area (Å²) in [5, 5.41) is 0. The molecule has 4 rings (SSSR count). The highest BCUT2D eigenvalue weighted by molar-refractivity contribution is 7.91. The first-order valence-corrected chi connectivity index (χ1v) is 10.9. The summed E-state index contributed by atoms with van der Waals surface area (Å²) in [6.45, 7) is 0. The van der Waals surface area contributed by atoms with Gasteiger partial charge < -0.3 is 14.7 Å². The van der Waals surface area contributed by atoms with Crippen LogP contribution in [0.1, 0.15) is 11.1 Å². The Bertz CT molecular complexity index is 1440. The van der Waals surface area contributed by atoms with E-state index in [4.69, 9.17) is 4.74 Å². The van der Waals surface area contributed by atoms with E-state index < -0.39 is 33.2 Å². The summed E-state index contributed by atoms with van der Waals surface area (Å²) in [7, 11) is -4.00. The van der Waals surface area contributed by atoms with Crippen molar-refractivity contribution in [3.63, 3.8) is 0 Å². The van der Waals surface area contributed by atoms with Crippen LogP contribution in [0.15, 0.2) is 71.5 Å². The number of benzene rings is 3. The normalized spacial score (nSPS) is 12.1. The quantitative estimate of drug-likeness (QED) is 0.388. The Morgan fingerprint density at radius 2 is 1.69 bits per heavy atom. The van der Waals surface area contributed by atoms with Crippen LogP contribution >= 0.6 is 0 Å². The first-order chi connectivity index (χ1) is 15.1. The van der Waals surface area contributed by atoms with E-state index in [9.17, 15) is 26.4 Å². The van der Waals surface area contributed by atoms with Gasteiger partial charge in [-0.1, -0.05) is 30.3 Å². The van der Waals surface area contributed by atoms with Crippen LogP contribution in [0.3, 0.4) is 0 Å². The Hall–Kier alpha value is -3.73. The van der Waals surface area contributed by atoms with Gasteiger partial charge in [0.15, 0.2) is 5.75 Å². The summed E-state index contributed by atoms with van der Waals surface area (Å²) in [5.74, 6) is 0.00922. The van der Waals surface area contributed by atoms with Crippen LogP contribution in [-0.2, 0) is 22.0 Å². The molecule has 0 aliphatic rings. The molecule has 7 nitrogen and oxygen atoms in total. The number of nitrogens with one attached hydrogen (secondary N) is 3. The maximum absolute atomic E-state index is 12.9. The lowest BCUT2D eigenvalue weighted by Crippen LogP contribution is -2.15. The molecule has 0 atom stereocenters. The largest absolute Gasteiger partial charge is 0.455 e. The summed E-state index contributed by atoms with van der Waals surface area (Å²) in [6, 6.07) is 15.2. The van der Waals surface area contributed by atoms with Crippen molar-refractivity contribution in [1.82, 2.24) is 9.97 Å². The zero-order valence-electron chi connectivity index (χ0n) is 16.2. The summed E-state index contributed by atoms with van der Waals surface area (Å²) < 4.78 is 71.7. The molecule has 0 aliphatic heterocycles. The number of fused-ring (bicyclic) bond motifs is 1. The van der Waals surface area contributed by atoms with Crippen molar-refractivity contribution in [2.45, 2.75) is 11.9 Å². The number of alkyl halides is 3. The Morgan fingerprint density at radius 3 is 2.47 bits per heavy atom. The minimum atomic E-state index is -4.56. The van der Waals surface area contributed by atoms with Crippen LogP contribution < -0.4 is 15.1 Å². The van der Waals surface area contributed by atoms with Crippen molar-refractivity contribution in [2.24, 2.45) is 0 Å². The SMILES string of the molecule is O=c1[nH]c2cccc(Oc3cccc(NS(=O)(=O)Cc4cccc(C(F)(F)F)c4)c3)c2[nH]1. The van der Waals surface area contributed by atoms with Crippen LogP contribution in [0.25, 0.3) is 11.0 Å². The Labute approximate surface area is 179 Å². The molecule has 0 spiro atoms. The molecule has 0 aliphatic carbocycles. The molecule has 0 saturated heterocycles. The number of rotatable bonds is 6. The average Bonchev–Trinajstić information content (AvgIpc) is 3.08. The van der Waals surface area contributed by atoms with Gasteiger partial charge in [-0.3, -0.25) is 4.72 Å². The van der Waals surface area contributed by atoms with Gasteiger partial charge in [0.25, 0.3) is 0 Å². The lowest BCUT2D eigenvalue weighted by Gasteiger charge is -2.12. The van der Waals surface area contributed by atoms with Gasteiger partial charge in [-0.2, -0.15) is 13.2 Å². The van der Waals surface area contributed by atoms with Crippen molar-refractivity contribution < 1.29 is 26.3 Å². The van der Waals surface area contributed by atoms with E-state index in [2.05, 4.69) is 14.7 Å². The van der Waals surface area contributed by atoms with E-state index in [0.717, 1.165) is 18.2 Å². The van der Waals surface area contributed by atoms with E-state index in [-0.39, 0.29) is 11.3 Å². The number of imidazole rings is 1. The number of aromatic nitrogens is 2. The third kappa shape index (κ3) is 4.94. The summed E-state index contributed by atoms with van der Waals surface area (Å²) in [6.07, 6.45) is -4.56. The lowest BCUT2D eigenvalue weighted by atomic mass is 10.1. The molecule has 3 N–H and O–H groups in total. The molecule has 3 aromatic carbocycles. The van der Waals surface area contributed by atoms with Crippen LogP contribution in [0.5, 0.6) is 11.5 Å². The topological polar surface area (TPSA) is 104 Å². The van der Waals surface area contributed by atoms with Gasteiger partial charge in [-0.25, -0.2) is 13.2 Å². The summed E-state index contributed by atoms with van der Waals surface area (Å²) >= 11 is 0. The molecule has 0 saturated carbocycles. The highest BCUT2D eigenvalue weighted by Crippen LogP contribution is 2.31. The minimum Gasteiger partial charge on any atom is -0.455 e. The number of H-pyrrole nitrogens is 2. The van der Waals surface area contributed by atoms with E-state index in [1.807, 2.05) is 0 Å². The molecular weight excluding hydrogens is 447 g/mol. The second-order valence-electron chi connectivity index (χ2n) is 6.95. The number of para-hydroxylation sites is 1. The van der Waals surface area contributed by atoms with Crippen molar-refractivity contribution in [3.8, 4) is 11.5 Å². The summed E-state index contributed by atoms with van der Waals surface area (Å²) in [5.41, 5.74) is -0.143. The predicted molar refractivity (Wildman–Crippen MR) is 113 cm³/mol. The lowest BCUT2D eigenvalue weighted by molar-refractivity contribution is -0.137. The van der Waals surface area contributed by atoms with Crippen molar-refractivity contribution >= 4 is 26.7 Å². The number of hydrogen-bond acceptors (Lipinski definition) is 4. The maximum atomic E-state index is 12.9. The third-order valence-corrected chi connectivity index (χ3v) is 5.72. The van der Waals surface area contributed by atoms with Gasteiger partial charge in [-0.05, 0) is 35.9 Å². The minimum absolute atomic E-state index is 0.00261. The van der Waals surface area contributed by atoms with Crippen LogP contribution in [0.4, 0.5) is 18.9 Å². The van der Waals surface area contributed by atoms with Crippen molar-refractivity contribution in [1.29, 1.82) is 0 Å². The number of sulfonamides is 1. The first kappa shape index (κ1) is 21.5. The smallest absolute Gasteiger partial charge is 0.416 e. The average molecular weight is 463 g/mol. The fourth-order valence-electron chi connectivity index (χ4n) is 3.14. The zero-order chi connectivity index (χ0) is 22.9. The number of ether oxygens (including phenoxy) is 1. The van der Waals surface area contributed by atoms with Gasteiger partial charge in [-0.15, -0.1) is 0 Å². The standard InChI is InChI=1S/C21H16F3N3O4S/c22-21(23,24)14-5-1-4-13(10-14)12-32(29,30)27-15-6-2-7-16(11-15)31-18-9-3-8-17-19(18)26-20(28)25-17/h1-11,27H,12H2,(H2,25,26,28). The van der Waals surface area contributed by atoms with Crippen LogP contribution in [0, 0.1) is 0 Å². The van der Waals surface area contributed by atoms with E-state index in [0.29, 0.717) is 22.5 Å². The van der Waals surface area contributed by atoms with Crippen LogP contribution in [-0.4, -0.2) is 18.4 Å². The molecule has 166 valence electrons. The molecule has 32 heavy (non-hydrogen) atoms. The van der Waals surface area contributed by atoms with Gasteiger partial charge in [0.1, 0.15) is 11.3 Å². The number of anilines is 1. The van der Waals surface area contributed by atoms with E-state index >= 15 is 0 Å². The molecule has 1 aromatic heterocycles. The van der Waals surface area contributed by atoms with E-state index in [1.54, 1.807) is 30.3 Å². The van der Waals surface area contributed by atoms with Crippen molar-refractivity contribution in [3.05, 3.63) is 88.3 Å². The molecular formula is C21H16F3N3O4S. The molecule has 0 unspecified atom stereocenters. The Balaban J connectivity index is 1.53. The molecule has 11 heteroatoms. The van der Waals surface area contributed by atoms with Crippen molar-refractivity contribution in [2.75, 3.05) is 4.72 Å². The molecule has 0 bridgehead atoms. The fraction of sp³-hybridized carbons (Fsp3) is 0.0952. The highest BCUT2D eigenvalue weighted by atomic mass is 32.2. The highest BCUT2D eigenvalue weighted by Gasteiger charge is 2.30. The number of hydrogen-bond donors (Lipinski definition) is 3. The van der Waals surface area contributed by atoms with Gasteiger partial charge in [0, 0.05) is 6.07 Å². The summed E-state index contributed by atoms with van der Waals surface area (Å²) in [4.78, 5) is 16.7. The van der Waals surface area contributed by atoms with E-state index in [1.165, 1.54) is 18.2 Å². The Morgan fingerprint density at radius 1 is 0.938 bits per heavy atom. The fourth-order valence-corrected chi connectivity index (χ4v) is 4.32. The number of halogens is 3. The monoisotopic (exact) mass is 463 g/mol. The maximum Gasteiger partial charge on any atom is 0.416 e. The molecule has 0 amide bonds. The second-order valence-corrected chi connectivity index (χ2v) is 8.67. The van der Waals surface area contributed by atoms with Gasteiger partial charge >= 0.3 is 11.9 Å². The number of aromatic amines is 2. The van der Waals surface area contributed by atoms with Gasteiger partial charge in [0.2, 0.25) is 10.0 Å². The molecule has 1 heterocycles. The molecule has 4 aromatic rings. The predicted octanol–water partition coefficient (Wildman–Crippen LogP) is 4.61. The molecule has 0 fully saturated rings.